The molecule has 10 heteroatoms. The number of hydrogen-bond donors (Lipinski definition) is 0. The van der Waals surface area contributed by atoms with Gasteiger partial charge in [0.05, 0.1) is 18.6 Å². The van der Waals surface area contributed by atoms with Gasteiger partial charge in [-0.2, -0.15) is 4.98 Å². The molecular formula is C23H23N5O5. The molecule has 1 amide bonds. The maximum atomic E-state index is 12.5. The van der Waals surface area contributed by atoms with Gasteiger partial charge in [0.15, 0.2) is 0 Å². The molecule has 1 aromatic heterocycles. The van der Waals surface area contributed by atoms with Gasteiger partial charge in [0, 0.05) is 50.0 Å². The predicted molar refractivity (Wildman–Crippen MR) is 120 cm³/mol. The first-order valence-corrected chi connectivity index (χ1v) is 10.4. The number of carbonyl (C=O) groups is 1. The van der Waals surface area contributed by atoms with Crippen LogP contribution in [-0.4, -0.2) is 64.1 Å². The Hall–Kier alpha value is -4.05. The summed E-state index contributed by atoms with van der Waals surface area (Å²) in [6, 6.07) is 13.6. The summed E-state index contributed by atoms with van der Waals surface area (Å²) in [6.07, 6.45) is 3.05. The summed E-state index contributed by atoms with van der Waals surface area (Å²) >= 11 is 0. The summed E-state index contributed by atoms with van der Waals surface area (Å²) in [5.74, 6) is 1.68. The molecule has 1 fully saturated rings. The van der Waals surface area contributed by atoms with Crippen LogP contribution in [0.15, 0.2) is 59.1 Å². The molecule has 1 aliphatic heterocycles. The van der Waals surface area contributed by atoms with Crippen LogP contribution in [0.1, 0.15) is 11.5 Å². The second-order valence-electron chi connectivity index (χ2n) is 7.53. The average molecular weight is 449 g/mol. The van der Waals surface area contributed by atoms with Crippen molar-refractivity contribution < 1.29 is 19.0 Å². The first-order valence-electron chi connectivity index (χ1n) is 10.4. The van der Waals surface area contributed by atoms with Crippen molar-refractivity contribution in [2.75, 3.05) is 33.3 Å². The van der Waals surface area contributed by atoms with Gasteiger partial charge in [-0.1, -0.05) is 17.3 Å². The number of nitrogens with zero attached hydrogens (tertiary/aromatic N) is 5. The van der Waals surface area contributed by atoms with E-state index in [0.29, 0.717) is 50.0 Å². The first-order chi connectivity index (χ1) is 16.0. The number of rotatable bonds is 7. The van der Waals surface area contributed by atoms with E-state index in [0.717, 1.165) is 11.3 Å². The smallest absolute Gasteiger partial charge is 0.270 e. The van der Waals surface area contributed by atoms with Crippen LogP contribution >= 0.6 is 0 Å². The molecule has 1 saturated heterocycles. The third-order valence-electron chi connectivity index (χ3n) is 5.36. The van der Waals surface area contributed by atoms with Crippen molar-refractivity contribution in [3.63, 3.8) is 0 Å². The van der Waals surface area contributed by atoms with E-state index in [1.54, 1.807) is 30.2 Å². The lowest BCUT2D eigenvalue weighted by Crippen LogP contribution is -2.47. The Balaban J connectivity index is 1.28. The lowest BCUT2D eigenvalue weighted by molar-refractivity contribution is -0.384. The number of ether oxygens (including phenoxy) is 1. The molecule has 2 aromatic carbocycles. The van der Waals surface area contributed by atoms with E-state index in [-0.39, 0.29) is 11.6 Å². The molecular weight excluding hydrogens is 426 g/mol. The molecule has 170 valence electrons. The van der Waals surface area contributed by atoms with Crippen LogP contribution in [0.2, 0.25) is 0 Å². The number of hydrogen-bond acceptors (Lipinski definition) is 8. The number of amides is 1. The predicted octanol–water partition coefficient (Wildman–Crippen LogP) is 3.01. The third-order valence-corrected chi connectivity index (χ3v) is 5.36. The third kappa shape index (κ3) is 5.60. The van der Waals surface area contributed by atoms with Gasteiger partial charge in [-0.05, 0) is 35.9 Å². The summed E-state index contributed by atoms with van der Waals surface area (Å²) < 4.78 is 10.6. The molecule has 0 radical (unpaired) electrons. The maximum absolute atomic E-state index is 12.5. The molecule has 0 N–H and O–H groups in total. The Kier molecular flexibility index (Phi) is 6.75. The second kappa shape index (κ2) is 10.0. The molecule has 3 aromatic rings. The highest BCUT2D eigenvalue weighted by molar-refractivity contribution is 5.91. The van der Waals surface area contributed by atoms with E-state index in [1.807, 2.05) is 24.3 Å². The number of nitro benzene ring substituents is 1. The normalized spacial score (nSPS) is 14.5. The van der Waals surface area contributed by atoms with Crippen LogP contribution < -0.4 is 4.74 Å². The quantitative estimate of drug-likeness (QED) is 0.307. The van der Waals surface area contributed by atoms with Gasteiger partial charge in [-0.25, -0.2) is 0 Å². The van der Waals surface area contributed by atoms with Crippen molar-refractivity contribution in [3.05, 3.63) is 76.2 Å². The highest BCUT2D eigenvalue weighted by Crippen LogP contribution is 2.20. The maximum Gasteiger partial charge on any atom is 0.270 e. The Morgan fingerprint density at radius 3 is 2.64 bits per heavy atom. The van der Waals surface area contributed by atoms with E-state index >= 15 is 0 Å². The number of aromatic nitrogens is 2. The molecule has 0 bridgehead atoms. The largest absolute Gasteiger partial charge is 0.497 e. The SMILES string of the molecule is COc1ccc(-c2noc(CN3CCN(C(=O)/C=C/c4cccc([N+](=O)[O-])c4)CC3)n2)cc1. The van der Waals surface area contributed by atoms with Gasteiger partial charge in [0.1, 0.15) is 5.75 Å². The van der Waals surface area contributed by atoms with Gasteiger partial charge >= 0.3 is 0 Å². The van der Waals surface area contributed by atoms with Gasteiger partial charge in [-0.15, -0.1) is 0 Å². The highest BCUT2D eigenvalue weighted by atomic mass is 16.6. The van der Waals surface area contributed by atoms with Gasteiger partial charge in [0.25, 0.3) is 5.69 Å². The molecule has 0 unspecified atom stereocenters. The van der Waals surface area contributed by atoms with Crippen molar-refractivity contribution in [2.24, 2.45) is 0 Å². The number of nitro groups is 1. The van der Waals surface area contributed by atoms with Gasteiger partial charge in [0.2, 0.25) is 17.6 Å². The fourth-order valence-corrected chi connectivity index (χ4v) is 3.51. The summed E-state index contributed by atoms with van der Waals surface area (Å²) in [4.78, 5) is 31.3. The zero-order valence-corrected chi connectivity index (χ0v) is 18.1. The van der Waals surface area contributed by atoms with Crippen molar-refractivity contribution in [3.8, 4) is 17.1 Å². The Bertz CT molecular complexity index is 1150. The molecule has 0 aliphatic carbocycles. The van der Waals surface area contributed by atoms with E-state index < -0.39 is 4.92 Å². The number of piperazine rings is 1. The summed E-state index contributed by atoms with van der Waals surface area (Å²) in [7, 11) is 1.61. The van der Waals surface area contributed by atoms with Gasteiger partial charge in [-0.3, -0.25) is 19.8 Å². The summed E-state index contributed by atoms with van der Waals surface area (Å²) in [5.41, 5.74) is 1.45. The first kappa shape index (κ1) is 22.2. The fraction of sp³-hybridized carbons (Fsp3) is 0.261. The lowest BCUT2D eigenvalue weighted by atomic mass is 10.2. The number of methoxy groups -OCH3 is 1. The topological polar surface area (TPSA) is 115 Å². The number of carbonyl (C=O) groups excluding carboxylic acids is 1. The Morgan fingerprint density at radius 2 is 1.94 bits per heavy atom. The van der Waals surface area contributed by atoms with E-state index in [4.69, 9.17) is 9.26 Å². The molecule has 0 atom stereocenters. The minimum atomic E-state index is -0.457. The van der Waals surface area contributed by atoms with Crippen LogP contribution in [0.5, 0.6) is 5.75 Å². The lowest BCUT2D eigenvalue weighted by Gasteiger charge is -2.33. The van der Waals surface area contributed by atoms with Crippen molar-refractivity contribution in [1.82, 2.24) is 19.9 Å². The van der Waals surface area contributed by atoms with Crippen LogP contribution in [0.25, 0.3) is 17.5 Å². The van der Waals surface area contributed by atoms with Crippen molar-refractivity contribution in [1.29, 1.82) is 0 Å². The molecule has 0 saturated carbocycles. The zero-order valence-electron chi connectivity index (χ0n) is 18.1. The zero-order chi connectivity index (χ0) is 23.2. The second-order valence-corrected chi connectivity index (χ2v) is 7.53. The van der Waals surface area contributed by atoms with Crippen molar-refractivity contribution in [2.45, 2.75) is 6.54 Å². The molecule has 1 aliphatic rings. The minimum Gasteiger partial charge on any atom is -0.497 e. The van der Waals surface area contributed by atoms with Gasteiger partial charge < -0.3 is 14.2 Å². The molecule has 2 heterocycles. The average Bonchev–Trinajstić information content (AvgIpc) is 3.31. The summed E-state index contributed by atoms with van der Waals surface area (Å²) in [5, 5.41) is 14.9. The molecule has 33 heavy (non-hydrogen) atoms. The number of benzene rings is 2. The van der Waals surface area contributed by atoms with Crippen molar-refractivity contribution >= 4 is 17.7 Å². The summed E-state index contributed by atoms with van der Waals surface area (Å²) in [6.45, 7) is 3.00. The Morgan fingerprint density at radius 1 is 1.18 bits per heavy atom. The van der Waals surface area contributed by atoms with Crippen LogP contribution in [0.3, 0.4) is 0 Å². The van der Waals surface area contributed by atoms with E-state index in [1.165, 1.54) is 18.2 Å². The Labute approximate surface area is 190 Å². The van der Waals surface area contributed by atoms with E-state index in [9.17, 15) is 14.9 Å². The molecule has 10 nitrogen and oxygen atoms in total. The van der Waals surface area contributed by atoms with Crippen LogP contribution in [0.4, 0.5) is 5.69 Å². The molecule has 4 rings (SSSR count). The minimum absolute atomic E-state index is 0.00520. The fourth-order valence-electron chi connectivity index (χ4n) is 3.51. The van der Waals surface area contributed by atoms with Crippen LogP contribution in [-0.2, 0) is 11.3 Å². The monoisotopic (exact) mass is 449 g/mol. The highest BCUT2D eigenvalue weighted by Gasteiger charge is 2.21. The number of non-ortho nitro benzene ring substituents is 1. The van der Waals surface area contributed by atoms with Crippen LogP contribution in [0, 0.1) is 10.1 Å². The van der Waals surface area contributed by atoms with E-state index in [2.05, 4.69) is 15.0 Å². The standard InChI is InChI=1S/C23H23N5O5/c1-32-20-8-6-18(7-9-20)23-24-21(33-25-23)16-26-11-13-27(14-12-26)22(29)10-5-17-3-2-4-19(15-17)28(30)31/h2-10,15H,11-14,16H2,1H3/b10-5+. The molecule has 0 spiro atoms.